The Kier molecular flexibility index (Phi) is 5.02. The molecule has 0 bridgehead atoms. The summed E-state index contributed by atoms with van der Waals surface area (Å²) in [5.74, 6) is 0.701. The fourth-order valence-corrected chi connectivity index (χ4v) is 3.19. The Morgan fingerprint density at radius 3 is 2.80 bits per heavy atom. The second kappa shape index (κ2) is 6.57. The third-order valence-corrected chi connectivity index (χ3v) is 4.25. The Balaban J connectivity index is 1.74. The minimum atomic E-state index is -0.202. The van der Waals surface area contributed by atoms with E-state index in [1.807, 2.05) is 0 Å². The van der Waals surface area contributed by atoms with E-state index in [2.05, 4.69) is 19.2 Å². The number of carbonyl (C=O) groups is 2. The number of aliphatic hydroxyl groups excluding tert-OH is 1. The molecule has 0 aromatic carbocycles. The Morgan fingerprint density at radius 1 is 1.45 bits per heavy atom. The molecule has 3 unspecified atom stereocenters. The van der Waals surface area contributed by atoms with Gasteiger partial charge in [-0.15, -0.1) is 0 Å². The second-order valence-electron chi connectivity index (χ2n) is 6.67. The largest absolute Gasteiger partial charge is 0.393 e. The zero-order valence-corrected chi connectivity index (χ0v) is 12.5. The van der Waals surface area contributed by atoms with E-state index >= 15 is 0 Å². The van der Waals surface area contributed by atoms with Gasteiger partial charge in [0, 0.05) is 26.1 Å². The Morgan fingerprint density at radius 2 is 2.20 bits per heavy atom. The van der Waals surface area contributed by atoms with Crippen LogP contribution in [0.2, 0.25) is 0 Å². The number of amides is 2. The molecule has 2 N–H and O–H groups in total. The molecule has 0 spiro atoms. The first kappa shape index (κ1) is 15.3. The lowest BCUT2D eigenvalue weighted by molar-refractivity contribution is -0.129. The zero-order valence-electron chi connectivity index (χ0n) is 12.5. The summed E-state index contributed by atoms with van der Waals surface area (Å²) in [7, 11) is 0. The van der Waals surface area contributed by atoms with Gasteiger partial charge in [-0.25, -0.2) is 0 Å². The van der Waals surface area contributed by atoms with Gasteiger partial charge in [0.2, 0.25) is 11.8 Å². The highest BCUT2D eigenvalue weighted by Crippen LogP contribution is 2.25. The Hall–Kier alpha value is -1.10. The smallest absolute Gasteiger partial charge is 0.225 e. The highest BCUT2D eigenvalue weighted by Gasteiger charge is 2.34. The van der Waals surface area contributed by atoms with Crippen LogP contribution in [0.5, 0.6) is 0 Å². The molecule has 5 nitrogen and oxygen atoms in total. The molecular formula is C15H26N2O3. The molecule has 114 valence electrons. The maximum Gasteiger partial charge on any atom is 0.225 e. The van der Waals surface area contributed by atoms with Gasteiger partial charge in [-0.05, 0) is 31.1 Å². The summed E-state index contributed by atoms with van der Waals surface area (Å²) in [6.07, 6.45) is 2.73. The summed E-state index contributed by atoms with van der Waals surface area (Å²) in [6, 6.07) is 0. The number of likely N-dealkylation sites (tertiary alicyclic amines) is 1. The van der Waals surface area contributed by atoms with Crippen LogP contribution in [0.15, 0.2) is 0 Å². The molecule has 2 rings (SSSR count). The first-order valence-electron chi connectivity index (χ1n) is 7.69. The third kappa shape index (κ3) is 3.95. The summed E-state index contributed by atoms with van der Waals surface area (Å²) in [6.45, 7) is 6.07. The van der Waals surface area contributed by atoms with Gasteiger partial charge in [-0.1, -0.05) is 13.8 Å². The van der Waals surface area contributed by atoms with Crippen LogP contribution in [0.3, 0.4) is 0 Å². The highest BCUT2D eigenvalue weighted by molar-refractivity contribution is 5.89. The molecule has 2 fully saturated rings. The summed E-state index contributed by atoms with van der Waals surface area (Å²) in [4.78, 5) is 25.7. The van der Waals surface area contributed by atoms with Crippen LogP contribution in [0.1, 0.15) is 39.5 Å². The summed E-state index contributed by atoms with van der Waals surface area (Å²) in [5, 5.41) is 12.4. The minimum Gasteiger partial charge on any atom is -0.393 e. The van der Waals surface area contributed by atoms with Crippen LogP contribution in [0.25, 0.3) is 0 Å². The first-order chi connectivity index (χ1) is 9.45. The normalized spacial score (nSPS) is 30.3. The summed E-state index contributed by atoms with van der Waals surface area (Å²) >= 11 is 0. The molecule has 20 heavy (non-hydrogen) atoms. The predicted octanol–water partition coefficient (Wildman–Crippen LogP) is 0.768. The Bertz CT molecular complexity index is 370. The number of aliphatic hydroxyl groups is 1. The summed E-state index contributed by atoms with van der Waals surface area (Å²) in [5.41, 5.74) is 0. The van der Waals surface area contributed by atoms with Crippen molar-refractivity contribution in [2.75, 3.05) is 19.6 Å². The fourth-order valence-electron chi connectivity index (χ4n) is 3.19. The Labute approximate surface area is 120 Å². The average Bonchev–Trinajstić information content (AvgIpc) is 2.93. The number of carbonyl (C=O) groups excluding carboxylic acids is 2. The topological polar surface area (TPSA) is 69.6 Å². The van der Waals surface area contributed by atoms with Gasteiger partial charge in [-0.2, -0.15) is 0 Å². The van der Waals surface area contributed by atoms with Crippen molar-refractivity contribution in [2.24, 2.45) is 17.8 Å². The molecule has 0 aromatic rings. The molecule has 1 aliphatic heterocycles. The van der Waals surface area contributed by atoms with Crippen LogP contribution < -0.4 is 5.32 Å². The van der Waals surface area contributed by atoms with Crippen molar-refractivity contribution in [3.8, 4) is 0 Å². The first-order valence-corrected chi connectivity index (χ1v) is 7.69. The van der Waals surface area contributed by atoms with E-state index in [1.165, 1.54) is 0 Å². The molecule has 0 radical (unpaired) electrons. The average molecular weight is 282 g/mol. The monoisotopic (exact) mass is 282 g/mol. The van der Waals surface area contributed by atoms with Crippen molar-refractivity contribution in [1.29, 1.82) is 0 Å². The van der Waals surface area contributed by atoms with Crippen molar-refractivity contribution in [3.63, 3.8) is 0 Å². The van der Waals surface area contributed by atoms with Gasteiger partial charge in [0.1, 0.15) is 0 Å². The number of nitrogens with zero attached hydrogens (tertiary/aromatic N) is 1. The van der Waals surface area contributed by atoms with E-state index in [4.69, 9.17) is 0 Å². The van der Waals surface area contributed by atoms with Crippen molar-refractivity contribution < 1.29 is 14.7 Å². The van der Waals surface area contributed by atoms with Gasteiger partial charge in [0.25, 0.3) is 0 Å². The van der Waals surface area contributed by atoms with Crippen LogP contribution in [-0.4, -0.2) is 47.6 Å². The molecular weight excluding hydrogens is 256 g/mol. The van der Waals surface area contributed by atoms with E-state index in [1.54, 1.807) is 4.90 Å². The SMILES string of the molecule is CC(C)CN1CC(C(=O)NCC2CCC(O)C2)CC1=O. The van der Waals surface area contributed by atoms with Crippen molar-refractivity contribution in [2.45, 2.75) is 45.6 Å². The van der Waals surface area contributed by atoms with E-state index in [-0.39, 0.29) is 23.8 Å². The molecule has 5 heteroatoms. The standard InChI is InChI=1S/C15H26N2O3/c1-10(2)8-17-9-12(6-14(17)19)15(20)16-7-11-3-4-13(18)5-11/h10-13,18H,3-9H2,1-2H3,(H,16,20). The lowest BCUT2D eigenvalue weighted by Crippen LogP contribution is -2.36. The molecule has 2 amide bonds. The maximum absolute atomic E-state index is 12.1. The second-order valence-corrected chi connectivity index (χ2v) is 6.67. The molecule has 0 aromatic heterocycles. The third-order valence-electron chi connectivity index (χ3n) is 4.25. The highest BCUT2D eigenvalue weighted by atomic mass is 16.3. The fraction of sp³-hybridized carbons (Fsp3) is 0.867. The molecule has 1 aliphatic carbocycles. The quantitative estimate of drug-likeness (QED) is 0.782. The van der Waals surface area contributed by atoms with E-state index < -0.39 is 0 Å². The molecule has 1 saturated carbocycles. The van der Waals surface area contributed by atoms with Gasteiger partial charge in [0.15, 0.2) is 0 Å². The summed E-state index contributed by atoms with van der Waals surface area (Å²) < 4.78 is 0. The van der Waals surface area contributed by atoms with Crippen LogP contribution in [0, 0.1) is 17.8 Å². The van der Waals surface area contributed by atoms with Crippen LogP contribution in [0.4, 0.5) is 0 Å². The lowest BCUT2D eigenvalue weighted by atomic mass is 10.1. The van der Waals surface area contributed by atoms with Crippen molar-refractivity contribution in [1.82, 2.24) is 10.2 Å². The predicted molar refractivity (Wildman–Crippen MR) is 75.9 cm³/mol. The van der Waals surface area contributed by atoms with E-state index in [0.29, 0.717) is 31.3 Å². The number of nitrogens with one attached hydrogen (secondary N) is 1. The zero-order chi connectivity index (χ0) is 14.7. The van der Waals surface area contributed by atoms with E-state index in [0.717, 1.165) is 25.8 Å². The van der Waals surface area contributed by atoms with Gasteiger partial charge in [0.05, 0.1) is 12.0 Å². The van der Waals surface area contributed by atoms with Crippen molar-refractivity contribution in [3.05, 3.63) is 0 Å². The lowest BCUT2D eigenvalue weighted by Gasteiger charge is -2.19. The van der Waals surface area contributed by atoms with E-state index in [9.17, 15) is 14.7 Å². The molecule has 3 atom stereocenters. The van der Waals surface area contributed by atoms with Gasteiger partial charge >= 0.3 is 0 Å². The molecule has 1 heterocycles. The van der Waals surface area contributed by atoms with Gasteiger partial charge in [-0.3, -0.25) is 9.59 Å². The molecule has 2 aliphatic rings. The maximum atomic E-state index is 12.1. The number of hydrogen-bond donors (Lipinski definition) is 2. The minimum absolute atomic E-state index is 0.00834. The van der Waals surface area contributed by atoms with Gasteiger partial charge < -0.3 is 15.3 Å². The van der Waals surface area contributed by atoms with Crippen LogP contribution in [-0.2, 0) is 9.59 Å². The van der Waals surface area contributed by atoms with Crippen molar-refractivity contribution >= 4 is 11.8 Å². The van der Waals surface area contributed by atoms with Crippen LogP contribution >= 0.6 is 0 Å². The number of hydrogen-bond acceptors (Lipinski definition) is 3. The number of rotatable bonds is 5. The molecule has 1 saturated heterocycles.